The van der Waals surface area contributed by atoms with Crippen LogP contribution in [0.25, 0.3) is 0 Å². The largest absolute Gasteiger partial charge is 0.493 e. The summed E-state index contributed by atoms with van der Waals surface area (Å²) in [5.41, 5.74) is 2.12. The molecule has 0 atom stereocenters. The standard InChI is InChI=1S/C18H17N3O4/c1-22-15-9-5-6-10-16(15)24-11-13-7-3-4-8-14(13)17(21-23-2)18-20-19-12-25-18/h3-10,12H,11H2,1-2H3/b21-17-. The molecule has 7 nitrogen and oxygen atoms in total. The molecular weight excluding hydrogens is 322 g/mol. The number of rotatable bonds is 7. The Labute approximate surface area is 144 Å². The second-order valence-electron chi connectivity index (χ2n) is 4.96. The predicted octanol–water partition coefficient (Wildman–Crippen LogP) is 3.06. The maximum Gasteiger partial charge on any atom is 0.270 e. The molecule has 0 saturated carbocycles. The Kier molecular flexibility index (Phi) is 5.26. The van der Waals surface area contributed by atoms with Crippen LogP contribution in [0.4, 0.5) is 0 Å². The smallest absolute Gasteiger partial charge is 0.270 e. The molecule has 1 aromatic heterocycles. The summed E-state index contributed by atoms with van der Waals surface area (Å²) in [5, 5.41) is 11.6. The van der Waals surface area contributed by atoms with Crippen LogP contribution in [0, 0.1) is 0 Å². The van der Waals surface area contributed by atoms with Crippen molar-refractivity contribution in [2.75, 3.05) is 14.2 Å². The first-order valence-electron chi connectivity index (χ1n) is 7.55. The summed E-state index contributed by atoms with van der Waals surface area (Å²) in [6, 6.07) is 15.1. The Bertz CT molecular complexity index is 847. The topological polar surface area (TPSA) is 79.0 Å². The van der Waals surface area contributed by atoms with E-state index >= 15 is 0 Å². The van der Waals surface area contributed by atoms with Crippen LogP contribution in [-0.2, 0) is 11.4 Å². The van der Waals surface area contributed by atoms with Gasteiger partial charge in [-0.2, -0.15) is 0 Å². The van der Waals surface area contributed by atoms with E-state index in [9.17, 15) is 0 Å². The van der Waals surface area contributed by atoms with E-state index in [1.54, 1.807) is 7.11 Å². The predicted molar refractivity (Wildman–Crippen MR) is 90.7 cm³/mol. The highest BCUT2D eigenvalue weighted by Crippen LogP contribution is 2.27. The minimum Gasteiger partial charge on any atom is -0.493 e. The van der Waals surface area contributed by atoms with Gasteiger partial charge in [0.15, 0.2) is 17.2 Å². The molecule has 0 saturated heterocycles. The van der Waals surface area contributed by atoms with Crippen molar-refractivity contribution < 1.29 is 18.7 Å². The Morgan fingerprint density at radius 1 is 1.04 bits per heavy atom. The average molecular weight is 339 g/mol. The molecule has 128 valence electrons. The van der Waals surface area contributed by atoms with Gasteiger partial charge >= 0.3 is 0 Å². The molecule has 0 unspecified atom stereocenters. The fourth-order valence-electron chi connectivity index (χ4n) is 2.34. The molecule has 0 bridgehead atoms. The van der Waals surface area contributed by atoms with Crippen LogP contribution in [0.3, 0.4) is 0 Å². The van der Waals surface area contributed by atoms with Crippen LogP contribution in [0.5, 0.6) is 11.5 Å². The fourth-order valence-corrected chi connectivity index (χ4v) is 2.34. The highest BCUT2D eigenvalue weighted by Gasteiger charge is 2.17. The van der Waals surface area contributed by atoms with Crippen molar-refractivity contribution in [1.29, 1.82) is 0 Å². The summed E-state index contributed by atoms with van der Waals surface area (Å²) in [6.45, 7) is 0.313. The van der Waals surface area contributed by atoms with E-state index in [4.69, 9.17) is 18.7 Å². The van der Waals surface area contributed by atoms with Gasteiger partial charge in [0.1, 0.15) is 13.7 Å². The van der Waals surface area contributed by atoms with Crippen LogP contribution >= 0.6 is 0 Å². The molecule has 0 radical (unpaired) electrons. The third-order valence-electron chi connectivity index (χ3n) is 3.47. The maximum atomic E-state index is 5.91. The van der Waals surface area contributed by atoms with Crippen molar-refractivity contribution in [3.8, 4) is 11.5 Å². The second kappa shape index (κ2) is 7.96. The summed E-state index contributed by atoms with van der Waals surface area (Å²) in [4.78, 5) is 4.94. The first kappa shape index (κ1) is 16.5. The summed E-state index contributed by atoms with van der Waals surface area (Å²) >= 11 is 0. The maximum absolute atomic E-state index is 5.91. The molecule has 0 amide bonds. The molecule has 3 aromatic rings. The first-order chi connectivity index (χ1) is 12.3. The Morgan fingerprint density at radius 2 is 1.80 bits per heavy atom. The van der Waals surface area contributed by atoms with E-state index < -0.39 is 0 Å². The highest BCUT2D eigenvalue weighted by molar-refractivity contribution is 6.10. The van der Waals surface area contributed by atoms with Gasteiger partial charge in [-0.25, -0.2) is 0 Å². The monoisotopic (exact) mass is 339 g/mol. The minimum absolute atomic E-state index is 0.270. The van der Waals surface area contributed by atoms with Crippen molar-refractivity contribution in [2.24, 2.45) is 5.16 Å². The van der Waals surface area contributed by atoms with Gasteiger partial charge < -0.3 is 18.7 Å². The van der Waals surface area contributed by atoms with E-state index in [1.807, 2.05) is 48.5 Å². The fraction of sp³-hybridized carbons (Fsp3) is 0.167. The van der Waals surface area contributed by atoms with Crippen LogP contribution in [-0.4, -0.2) is 30.1 Å². The zero-order valence-electron chi connectivity index (χ0n) is 13.9. The molecule has 1 heterocycles. The molecule has 0 aliphatic heterocycles. The summed E-state index contributed by atoms with van der Waals surface area (Å²) in [5.74, 6) is 1.59. The normalized spacial score (nSPS) is 11.2. The van der Waals surface area contributed by atoms with Crippen molar-refractivity contribution >= 4 is 5.71 Å². The van der Waals surface area contributed by atoms with E-state index in [0.29, 0.717) is 23.8 Å². The number of hydrogen-bond donors (Lipinski definition) is 0. The number of para-hydroxylation sites is 2. The lowest BCUT2D eigenvalue weighted by molar-refractivity contribution is 0.213. The molecule has 3 rings (SSSR count). The van der Waals surface area contributed by atoms with E-state index in [2.05, 4.69) is 15.4 Å². The number of aromatic nitrogens is 2. The lowest BCUT2D eigenvalue weighted by Gasteiger charge is -2.13. The Morgan fingerprint density at radius 3 is 2.52 bits per heavy atom. The second-order valence-corrected chi connectivity index (χ2v) is 4.96. The van der Waals surface area contributed by atoms with Crippen LogP contribution in [0.1, 0.15) is 17.0 Å². The van der Waals surface area contributed by atoms with E-state index in [-0.39, 0.29) is 5.89 Å². The quantitative estimate of drug-likeness (QED) is 0.486. The van der Waals surface area contributed by atoms with Crippen LogP contribution < -0.4 is 9.47 Å². The van der Waals surface area contributed by atoms with Gasteiger partial charge in [-0.1, -0.05) is 41.6 Å². The number of oxime groups is 1. The van der Waals surface area contributed by atoms with Crippen molar-refractivity contribution in [1.82, 2.24) is 10.2 Å². The van der Waals surface area contributed by atoms with Gasteiger partial charge in [-0.3, -0.25) is 0 Å². The number of ether oxygens (including phenoxy) is 2. The summed E-state index contributed by atoms with van der Waals surface area (Å²) in [6.07, 6.45) is 1.24. The van der Waals surface area contributed by atoms with Gasteiger partial charge in [-0.15, -0.1) is 10.2 Å². The zero-order valence-corrected chi connectivity index (χ0v) is 13.9. The SMILES string of the molecule is CO/N=C(\c1nnco1)c1ccccc1COc1ccccc1OC. The van der Waals surface area contributed by atoms with Crippen LogP contribution in [0.2, 0.25) is 0 Å². The number of benzene rings is 2. The zero-order chi connectivity index (χ0) is 17.5. The van der Waals surface area contributed by atoms with Crippen molar-refractivity contribution in [2.45, 2.75) is 6.61 Å². The van der Waals surface area contributed by atoms with E-state index in [0.717, 1.165) is 11.1 Å². The lowest BCUT2D eigenvalue weighted by Crippen LogP contribution is -2.10. The molecule has 0 aliphatic carbocycles. The van der Waals surface area contributed by atoms with Gasteiger partial charge in [-0.05, 0) is 17.7 Å². The average Bonchev–Trinajstić information content (AvgIpc) is 3.19. The van der Waals surface area contributed by atoms with E-state index in [1.165, 1.54) is 13.5 Å². The summed E-state index contributed by atoms with van der Waals surface area (Å²) in [7, 11) is 3.07. The third-order valence-corrected chi connectivity index (χ3v) is 3.47. The van der Waals surface area contributed by atoms with Gasteiger partial charge in [0.25, 0.3) is 5.89 Å². The lowest BCUT2D eigenvalue weighted by atomic mass is 10.0. The number of methoxy groups -OCH3 is 1. The molecule has 25 heavy (non-hydrogen) atoms. The number of hydrogen-bond acceptors (Lipinski definition) is 7. The molecule has 7 heteroatoms. The Hall–Kier alpha value is -3.35. The third kappa shape index (κ3) is 3.77. The number of nitrogens with zero attached hydrogens (tertiary/aromatic N) is 3. The molecule has 2 aromatic carbocycles. The van der Waals surface area contributed by atoms with Crippen LogP contribution in [0.15, 0.2) is 64.5 Å². The Balaban J connectivity index is 1.89. The summed E-state index contributed by atoms with van der Waals surface area (Å²) < 4.78 is 16.5. The van der Waals surface area contributed by atoms with Crippen molar-refractivity contribution in [3.63, 3.8) is 0 Å². The van der Waals surface area contributed by atoms with Gasteiger partial charge in [0.05, 0.1) is 7.11 Å². The van der Waals surface area contributed by atoms with Crippen molar-refractivity contribution in [3.05, 3.63) is 71.9 Å². The molecule has 0 spiro atoms. The van der Waals surface area contributed by atoms with Gasteiger partial charge in [0.2, 0.25) is 6.39 Å². The molecule has 0 N–H and O–H groups in total. The molecule has 0 aliphatic rings. The minimum atomic E-state index is 0.270. The first-order valence-corrected chi connectivity index (χ1v) is 7.55. The molecule has 0 fully saturated rings. The highest BCUT2D eigenvalue weighted by atomic mass is 16.6. The van der Waals surface area contributed by atoms with Gasteiger partial charge in [0, 0.05) is 5.56 Å². The molecular formula is C18H17N3O4.